The first-order valence-corrected chi connectivity index (χ1v) is 29.1. The quantitative estimate of drug-likeness (QED) is 0.0950. The minimum Gasteiger partial charge on any atom is -0.457 e. The zero-order valence-electron chi connectivity index (χ0n) is 46.7. The van der Waals surface area contributed by atoms with Crippen molar-refractivity contribution in [2.24, 2.45) is 0 Å². The summed E-state index contributed by atoms with van der Waals surface area (Å²) in [7, 11) is 0. The molecular formula is C78H52BN5O2. The average molecular weight is 1100 g/mol. The number of carbonyl (C=O) groups excluding carboxylic acids is 1. The number of benzene rings is 12. The maximum Gasteiger partial charge on any atom is 0.338 e. The number of hydrogen-bond acceptors (Lipinski definition) is 6. The van der Waals surface area contributed by atoms with Gasteiger partial charge in [0, 0.05) is 67.2 Å². The third kappa shape index (κ3) is 8.74. The van der Waals surface area contributed by atoms with Crippen LogP contribution in [-0.4, -0.2) is 27.2 Å². The van der Waals surface area contributed by atoms with Crippen molar-refractivity contribution in [3.63, 3.8) is 0 Å². The Balaban J connectivity index is 0.823. The fourth-order valence-corrected chi connectivity index (χ4v) is 13.0. The van der Waals surface area contributed by atoms with Gasteiger partial charge in [-0.1, -0.05) is 212 Å². The molecule has 12 aromatic carbocycles. The van der Waals surface area contributed by atoms with Gasteiger partial charge in [0.1, 0.15) is 6.61 Å². The summed E-state index contributed by atoms with van der Waals surface area (Å²) in [5, 5.41) is 1.99. The van der Waals surface area contributed by atoms with Gasteiger partial charge in [0.2, 0.25) is 0 Å². The highest BCUT2D eigenvalue weighted by atomic mass is 16.5. The van der Waals surface area contributed by atoms with Crippen molar-refractivity contribution in [1.29, 1.82) is 0 Å². The molecule has 14 aromatic rings. The Kier molecular flexibility index (Phi) is 12.4. The van der Waals surface area contributed by atoms with Crippen molar-refractivity contribution in [2.75, 3.05) is 9.80 Å². The second kappa shape index (κ2) is 21.1. The Hall–Kier alpha value is -11.3. The monoisotopic (exact) mass is 1100 g/mol. The molecule has 0 N–H and O–H groups in total. The van der Waals surface area contributed by atoms with Crippen LogP contribution in [0.5, 0.6) is 0 Å². The predicted molar refractivity (Wildman–Crippen MR) is 353 cm³/mol. The fraction of sp³-hybridized carbons (Fsp3) is 0.0128. The summed E-state index contributed by atoms with van der Waals surface area (Å²) < 4.78 is 8.19. The van der Waals surface area contributed by atoms with Gasteiger partial charge in [-0.05, 0) is 130 Å². The average Bonchev–Trinajstić information content (AvgIpc) is 0.899. The number of ether oxygens (including phenoxy) is 1. The summed E-state index contributed by atoms with van der Waals surface area (Å²) in [5.41, 5.74) is 24.0. The third-order valence-electron chi connectivity index (χ3n) is 16.9. The van der Waals surface area contributed by atoms with E-state index < -0.39 is 0 Å². The van der Waals surface area contributed by atoms with E-state index in [-0.39, 0.29) is 19.3 Å². The van der Waals surface area contributed by atoms with Crippen LogP contribution < -0.4 is 26.2 Å². The van der Waals surface area contributed by atoms with Gasteiger partial charge >= 0.3 is 5.97 Å². The van der Waals surface area contributed by atoms with Gasteiger partial charge < -0.3 is 19.1 Å². The molecule has 0 spiro atoms. The van der Waals surface area contributed by atoms with Gasteiger partial charge in [0.25, 0.3) is 6.71 Å². The second-order valence-electron chi connectivity index (χ2n) is 22.0. The maximum absolute atomic E-state index is 13.7. The molecule has 7 nitrogen and oxygen atoms in total. The number of fused-ring (bicyclic) bond motifs is 7. The van der Waals surface area contributed by atoms with E-state index in [1.165, 1.54) is 39.1 Å². The van der Waals surface area contributed by atoms with Gasteiger partial charge in [-0.25, -0.2) is 14.8 Å². The molecule has 0 saturated carbocycles. The van der Waals surface area contributed by atoms with Crippen LogP contribution in [0.15, 0.2) is 303 Å². The van der Waals surface area contributed by atoms with Crippen LogP contribution >= 0.6 is 0 Å². The van der Waals surface area contributed by atoms with Crippen LogP contribution in [0.2, 0.25) is 0 Å². The van der Waals surface area contributed by atoms with Crippen LogP contribution in [0.4, 0.5) is 34.1 Å². The van der Waals surface area contributed by atoms with E-state index in [2.05, 4.69) is 239 Å². The lowest BCUT2D eigenvalue weighted by Gasteiger charge is -2.44. The molecule has 2 aromatic heterocycles. The van der Waals surface area contributed by atoms with Crippen molar-refractivity contribution in [3.05, 3.63) is 314 Å². The summed E-state index contributed by atoms with van der Waals surface area (Å²) in [4.78, 5) is 29.0. The van der Waals surface area contributed by atoms with E-state index >= 15 is 0 Å². The second-order valence-corrected chi connectivity index (χ2v) is 22.0. The first-order chi connectivity index (χ1) is 42.6. The Morgan fingerprint density at radius 1 is 0.372 bits per heavy atom. The Bertz CT molecular complexity index is 4860. The molecule has 4 heterocycles. The molecule has 0 aliphatic carbocycles. The van der Waals surface area contributed by atoms with Crippen LogP contribution in [0.1, 0.15) is 15.9 Å². The maximum atomic E-state index is 13.7. The summed E-state index contributed by atoms with van der Waals surface area (Å²) in [6.45, 7) is 0.252. The lowest BCUT2D eigenvalue weighted by molar-refractivity contribution is 0.0473. The fourth-order valence-electron chi connectivity index (χ4n) is 13.0. The van der Waals surface area contributed by atoms with E-state index in [1.807, 2.05) is 78.9 Å². The molecule has 0 unspecified atom stereocenters. The highest BCUT2D eigenvalue weighted by Crippen LogP contribution is 2.45. The molecule has 0 atom stereocenters. The Morgan fingerprint density at radius 2 is 0.907 bits per heavy atom. The van der Waals surface area contributed by atoms with Gasteiger partial charge in [-0.15, -0.1) is 0 Å². The van der Waals surface area contributed by atoms with Crippen molar-refractivity contribution in [1.82, 2.24) is 14.5 Å². The molecule has 0 amide bonds. The molecule has 16 rings (SSSR count). The molecule has 86 heavy (non-hydrogen) atoms. The van der Waals surface area contributed by atoms with Gasteiger partial charge in [0.15, 0.2) is 5.82 Å². The largest absolute Gasteiger partial charge is 0.457 e. The van der Waals surface area contributed by atoms with Gasteiger partial charge in [0.05, 0.1) is 33.7 Å². The van der Waals surface area contributed by atoms with Gasteiger partial charge in [-0.2, -0.15) is 0 Å². The number of rotatable bonds is 11. The molecule has 2 aliphatic rings. The smallest absolute Gasteiger partial charge is 0.338 e. The number of esters is 1. The minimum atomic E-state index is -0.368. The Morgan fingerprint density at radius 3 is 1.63 bits per heavy atom. The Labute approximate surface area is 499 Å². The molecular weight excluding hydrogens is 1050 g/mol. The molecule has 8 heteroatoms. The predicted octanol–water partition coefficient (Wildman–Crippen LogP) is 17.3. The third-order valence-corrected chi connectivity index (χ3v) is 16.9. The summed E-state index contributed by atoms with van der Waals surface area (Å²) in [5.74, 6) is 0.284. The molecule has 0 bridgehead atoms. The van der Waals surface area contributed by atoms with Crippen molar-refractivity contribution >= 4 is 85.0 Å². The van der Waals surface area contributed by atoms with Gasteiger partial charge in [-0.3, -0.25) is 0 Å². The molecule has 0 saturated heterocycles. The molecule has 2 aliphatic heterocycles. The number of anilines is 6. The summed E-state index contributed by atoms with van der Waals surface area (Å²) in [6.07, 6.45) is 0. The van der Waals surface area contributed by atoms with E-state index in [1.54, 1.807) is 0 Å². The SMILES string of the molecule is O=C(OCc1ccccc1)c1ccc2c(c1)c1ccccc1n2-c1ccc(-c2cc(-c3ccccc3)nc(-c3ccccc3)n2)cc1-c1ccc(-c2cccc(N3c4ccccc4B4c5ccccc5N(c5ccccc5)c5cccc3c54)c2)cc1. The number of hydrogen-bond donors (Lipinski definition) is 0. The van der Waals surface area contributed by atoms with Crippen LogP contribution in [-0.2, 0) is 11.3 Å². The van der Waals surface area contributed by atoms with Crippen molar-refractivity contribution in [3.8, 4) is 61.8 Å². The first kappa shape index (κ1) is 50.4. The minimum absolute atomic E-state index is 0.0593. The van der Waals surface area contributed by atoms with Crippen molar-refractivity contribution < 1.29 is 9.53 Å². The van der Waals surface area contributed by atoms with E-state index in [4.69, 9.17) is 14.7 Å². The lowest BCUT2D eigenvalue weighted by atomic mass is 9.33. The highest BCUT2D eigenvalue weighted by Gasteiger charge is 2.43. The van der Waals surface area contributed by atoms with E-state index in [0.29, 0.717) is 11.4 Å². The number of nitrogens with zero attached hydrogens (tertiary/aromatic N) is 5. The van der Waals surface area contributed by atoms with Crippen LogP contribution in [0, 0.1) is 0 Å². The number of para-hydroxylation sites is 4. The molecule has 0 fully saturated rings. The number of carbonyl (C=O) groups is 1. The topological polar surface area (TPSA) is 63.5 Å². The van der Waals surface area contributed by atoms with Crippen LogP contribution in [0.3, 0.4) is 0 Å². The molecule has 0 radical (unpaired) electrons. The normalized spacial score (nSPS) is 12.2. The summed E-state index contributed by atoms with van der Waals surface area (Å²) >= 11 is 0. The first-order valence-electron chi connectivity index (χ1n) is 29.1. The summed E-state index contributed by atoms with van der Waals surface area (Å²) in [6, 6.07) is 107. The van der Waals surface area contributed by atoms with Crippen LogP contribution in [0.25, 0.3) is 83.6 Å². The van der Waals surface area contributed by atoms with Crippen molar-refractivity contribution in [2.45, 2.75) is 6.61 Å². The lowest BCUT2D eigenvalue weighted by Crippen LogP contribution is -2.61. The highest BCUT2D eigenvalue weighted by molar-refractivity contribution is 7.00. The van der Waals surface area contributed by atoms with E-state index in [9.17, 15) is 4.79 Å². The number of aromatic nitrogens is 3. The van der Waals surface area contributed by atoms with E-state index in [0.717, 1.165) is 94.8 Å². The zero-order chi connectivity index (χ0) is 57.1. The standard InChI is InChI=1S/C78H52BN5O2/c85-78(86-51-52-21-5-1-6-22-52)59-44-46-71-64(49-59)62-31-13-16-34-69(62)84(71)70-45-43-58(68-50-67(55-23-7-2-8-24-55)80-77(81-68)56-25-9-3-10-26-56)48-63(70)54-41-39-53(40-42-54)57-27-19-30-61(47-57)83-73-36-18-15-33-66(73)79-65-32-14-17-35-72(65)82(60-28-11-4-12-29-60)74-37-20-38-75(83)76(74)79/h1-50H,51H2. The molecule has 404 valence electrons. The zero-order valence-corrected chi connectivity index (χ0v) is 46.7.